The van der Waals surface area contributed by atoms with E-state index in [0.717, 1.165) is 35.7 Å². The van der Waals surface area contributed by atoms with Crippen LogP contribution in [-0.4, -0.2) is 22.8 Å². The van der Waals surface area contributed by atoms with Gasteiger partial charge in [-0.2, -0.15) is 0 Å². The van der Waals surface area contributed by atoms with Crippen molar-refractivity contribution in [3.05, 3.63) is 71.2 Å². The Hall–Kier alpha value is -2.49. The zero-order chi connectivity index (χ0) is 19.2. The molecular formula is C24H31N3O. The van der Waals surface area contributed by atoms with Gasteiger partial charge in [0.05, 0.1) is 18.5 Å². The summed E-state index contributed by atoms with van der Waals surface area (Å²) >= 11 is 0. The Labute approximate surface area is 167 Å². The van der Waals surface area contributed by atoms with Crippen molar-refractivity contribution in [1.82, 2.24) is 9.97 Å². The Balaban J connectivity index is 1.52. The van der Waals surface area contributed by atoms with E-state index in [1.165, 1.54) is 56.2 Å². The summed E-state index contributed by atoms with van der Waals surface area (Å²) in [6.07, 6.45) is 19.8. The van der Waals surface area contributed by atoms with E-state index in [1.54, 1.807) is 7.11 Å². The van der Waals surface area contributed by atoms with Crippen LogP contribution < -0.4 is 0 Å². The van der Waals surface area contributed by atoms with Crippen LogP contribution in [0.3, 0.4) is 0 Å². The van der Waals surface area contributed by atoms with E-state index in [0.29, 0.717) is 5.92 Å². The number of aromatic amines is 2. The highest BCUT2D eigenvalue weighted by molar-refractivity contribution is 6.10. The van der Waals surface area contributed by atoms with Gasteiger partial charge in [-0.1, -0.05) is 31.8 Å². The lowest BCUT2D eigenvalue weighted by atomic mass is 9.93. The van der Waals surface area contributed by atoms with Gasteiger partial charge in [-0.05, 0) is 61.8 Å². The Morgan fingerprint density at radius 1 is 1.07 bits per heavy atom. The van der Waals surface area contributed by atoms with Crippen molar-refractivity contribution in [3.63, 3.8) is 0 Å². The number of aryl methyl sites for hydroxylation is 2. The lowest BCUT2D eigenvalue weighted by molar-refractivity contribution is 0.301. The largest absolute Gasteiger partial charge is 0.494 e. The summed E-state index contributed by atoms with van der Waals surface area (Å²) in [5.74, 6) is 1.40. The van der Waals surface area contributed by atoms with E-state index >= 15 is 0 Å². The molecule has 3 heterocycles. The molecule has 2 aliphatic rings. The number of aromatic nitrogens is 2. The molecule has 4 nitrogen and oxygen atoms in total. The van der Waals surface area contributed by atoms with E-state index in [-0.39, 0.29) is 0 Å². The van der Waals surface area contributed by atoms with Gasteiger partial charge in [0.15, 0.2) is 0 Å². The average Bonchev–Trinajstić information content (AvgIpc) is 3.45. The molecule has 2 aromatic heterocycles. The van der Waals surface area contributed by atoms with Crippen molar-refractivity contribution in [2.24, 2.45) is 10.9 Å². The van der Waals surface area contributed by atoms with Crippen LogP contribution in [0.1, 0.15) is 61.9 Å². The van der Waals surface area contributed by atoms with Crippen LogP contribution in [0.15, 0.2) is 59.2 Å². The molecule has 2 bridgehead atoms. The molecule has 0 spiro atoms. The zero-order valence-corrected chi connectivity index (χ0v) is 16.8. The van der Waals surface area contributed by atoms with Crippen LogP contribution in [0.5, 0.6) is 0 Å². The van der Waals surface area contributed by atoms with Gasteiger partial charge in [0.25, 0.3) is 0 Å². The number of ether oxygens (including phenoxy) is 1. The Kier molecular flexibility index (Phi) is 6.15. The highest BCUT2D eigenvalue weighted by atomic mass is 16.5. The topological polar surface area (TPSA) is 53.2 Å². The molecule has 148 valence electrons. The lowest BCUT2D eigenvalue weighted by Crippen LogP contribution is -2.02. The van der Waals surface area contributed by atoms with Crippen LogP contribution in [0.4, 0.5) is 0 Å². The van der Waals surface area contributed by atoms with Crippen LogP contribution in [0, 0.1) is 5.92 Å². The molecule has 2 N–H and O–H groups in total. The van der Waals surface area contributed by atoms with Gasteiger partial charge in [-0.3, -0.25) is 0 Å². The standard InChI is InChI=1S/C24H31N3O/c1-28-24-16-22(21-10-7-13-25-21)27-23(24)15-18-8-5-3-2-4-6-9-20-14-19(12-11-18)17-26-20/h7,10,13-18,25-26H,2-6,8-9,11-12H2,1H3. The third kappa shape index (κ3) is 4.67. The molecule has 0 radical (unpaired) electrons. The lowest BCUT2D eigenvalue weighted by Gasteiger charge is -2.14. The molecule has 4 rings (SSSR count). The van der Waals surface area contributed by atoms with Crippen LogP contribution in [0.25, 0.3) is 0 Å². The molecule has 0 amide bonds. The maximum atomic E-state index is 5.63. The zero-order valence-electron chi connectivity index (χ0n) is 16.8. The second-order valence-electron chi connectivity index (χ2n) is 7.98. The summed E-state index contributed by atoms with van der Waals surface area (Å²) in [6, 6.07) is 6.41. The molecule has 1 unspecified atom stereocenters. The van der Waals surface area contributed by atoms with Crippen molar-refractivity contribution in [2.75, 3.05) is 7.11 Å². The molecule has 2 aromatic rings. The van der Waals surface area contributed by atoms with Crippen LogP contribution in [-0.2, 0) is 17.6 Å². The van der Waals surface area contributed by atoms with Crippen molar-refractivity contribution >= 4 is 5.71 Å². The molecule has 1 aliphatic carbocycles. The van der Waals surface area contributed by atoms with E-state index in [9.17, 15) is 0 Å². The first-order valence-corrected chi connectivity index (χ1v) is 10.7. The van der Waals surface area contributed by atoms with E-state index in [1.807, 2.05) is 24.4 Å². The van der Waals surface area contributed by atoms with Crippen LogP contribution in [0.2, 0.25) is 0 Å². The number of H-pyrrole nitrogens is 2. The first kappa shape index (κ1) is 18.9. The second-order valence-corrected chi connectivity index (χ2v) is 7.98. The Morgan fingerprint density at radius 3 is 2.82 bits per heavy atom. The Morgan fingerprint density at radius 2 is 1.96 bits per heavy atom. The number of nitrogens with zero attached hydrogens (tertiary/aromatic N) is 1. The summed E-state index contributed by atoms with van der Waals surface area (Å²) in [5, 5.41) is 0. The molecule has 1 atom stereocenters. The molecule has 28 heavy (non-hydrogen) atoms. The first-order valence-electron chi connectivity index (χ1n) is 10.7. The molecule has 1 aliphatic heterocycles. The third-order valence-electron chi connectivity index (χ3n) is 5.88. The van der Waals surface area contributed by atoms with Gasteiger partial charge in [-0.15, -0.1) is 0 Å². The van der Waals surface area contributed by atoms with E-state index in [2.05, 4.69) is 28.3 Å². The van der Waals surface area contributed by atoms with Gasteiger partial charge < -0.3 is 14.7 Å². The number of fused-ring (bicyclic) bond motifs is 2. The number of allylic oxidation sites excluding steroid dienone is 2. The van der Waals surface area contributed by atoms with Gasteiger partial charge in [0.1, 0.15) is 11.5 Å². The molecule has 4 heteroatoms. The van der Waals surface area contributed by atoms with Crippen molar-refractivity contribution in [3.8, 4) is 0 Å². The number of nitrogens with one attached hydrogen (secondary N) is 2. The highest BCUT2D eigenvalue weighted by Gasteiger charge is 2.19. The first-order chi connectivity index (χ1) is 13.8. The maximum Gasteiger partial charge on any atom is 0.146 e. The summed E-state index contributed by atoms with van der Waals surface area (Å²) in [6.45, 7) is 0. The number of methoxy groups -OCH3 is 1. The fourth-order valence-electron chi connectivity index (χ4n) is 4.25. The predicted octanol–water partition coefficient (Wildman–Crippen LogP) is 5.71. The normalized spacial score (nSPS) is 22.8. The monoisotopic (exact) mass is 377 g/mol. The average molecular weight is 378 g/mol. The smallest absolute Gasteiger partial charge is 0.146 e. The quantitative estimate of drug-likeness (QED) is 0.708. The summed E-state index contributed by atoms with van der Waals surface area (Å²) < 4.78 is 5.63. The maximum absolute atomic E-state index is 5.63. The van der Waals surface area contributed by atoms with Crippen molar-refractivity contribution in [1.29, 1.82) is 0 Å². The molecule has 0 fully saturated rings. The molecule has 0 saturated heterocycles. The minimum absolute atomic E-state index is 0.527. The minimum Gasteiger partial charge on any atom is -0.494 e. The van der Waals surface area contributed by atoms with Crippen LogP contribution >= 0.6 is 0 Å². The Bertz CT molecular complexity index is 854. The van der Waals surface area contributed by atoms with Gasteiger partial charge in [0, 0.05) is 24.2 Å². The van der Waals surface area contributed by atoms with Crippen molar-refractivity contribution < 1.29 is 4.74 Å². The second kappa shape index (κ2) is 9.13. The number of hydrogen-bond donors (Lipinski definition) is 2. The van der Waals surface area contributed by atoms with Gasteiger partial charge in [0.2, 0.25) is 0 Å². The SMILES string of the molecule is COC1=CC(c2ccc[nH]2)=NC1=CC1CCCCCCCc2cc(c[nH]2)CC1. The van der Waals surface area contributed by atoms with E-state index < -0.39 is 0 Å². The van der Waals surface area contributed by atoms with Gasteiger partial charge in [-0.25, -0.2) is 4.99 Å². The fourth-order valence-corrected chi connectivity index (χ4v) is 4.25. The van der Waals surface area contributed by atoms with Gasteiger partial charge >= 0.3 is 0 Å². The van der Waals surface area contributed by atoms with E-state index in [4.69, 9.17) is 9.73 Å². The molecular weight excluding hydrogens is 346 g/mol. The number of aliphatic imine (C=N–C) groups is 1. The van der Waals surface area contributed by atoms with Crippen molar-refractivity contribution in [2.45, 2.75) is 57.8 Å². The predicted molar refractivity (Wildman–Crippen MR) is 115 cm³/mol. The minimum atomic E-state index is 0.527. The highest BCUT2D eigenvalue weighted by Crippen LogP contribution is 2.28. The number of rotatable bonds is 3. The molecule has 0 saturated carbocycles. The summed E-state index contributed by atoms with van der Waals surface area (Å²) in [4.78, 5) is 11.6. The summed E-state index contributed by atoms with van der Waals surface area (Å²) in [7, 11) is 1.73. The number of hydrogen-bond acceptors (Lipinski definition) is 2. The summed E-state index contributed by atoms with van der Waals surface area (Å²) in [5.41, 5.74) is 5.80. The fraction of sp³-hybridized carbons (Fsp3) is 0.458. The molecule has 0 aromatic carbocycles. The third-order valence-corrected chi connectivity index (χ3v) is 5.88.